The molecule has 10 heteroatoms. The van der Waals surface area contributed by atoms with Crippen LogP contribution in [-0.4, -0.2) is 32.2 Å². The molecule has 1 aliphatic heterocycles. The van der Waals surface area contributed by atoms with Crippen molar-refractivity contribution in [1.82, 2.24) is 25.0 Å². The summed E-state index contributed by atoms with van der Waals surface area (Å²) in [5, 5.41) is 8.10. The summed E-state index contributed by atoms with van der Waals surface area (Å²) in [7, 11) is 0. The molecule has 1 atom stereocenters. The van der Waals surface area contributed by atoms with E-state index >= 15 is 0 Å². The highest BCUT2D eigenvalue weighted by Crippen LogP contribution is 2.46. The van der Waals surface area contributed by atoms with Crippen LogP contribution in [0.5, 0.6) is 0 Å². The van der Waals surface area contributed by atoms with E-state index in [1.54, 1.807) is 9.58 Å². The average molecular weight is 490 g/mol. The third-order valence-corrected chi connectivity index (χ3v) is 6.82. The predicted molar refractivity (Wildman–Crippen MR) is 120 cm³/mol. The number of nitrogens with zero attached hydrogens (tertiary/aromatic N) is 4. The zero-order chi connectivity index (χ0) is 23.9. The Labute approximate surface area is 199 Å². The van der Waals surface area contributed by atoms with Gasteiger partial charge in [-0.15, -0.1) is 0 Å². The van der Waals surface area contributed by atoms with E-state index in [1.807, 2.05) is 24.3 Å². The molecule has 1 aromatic heterocycles. The lowest BCUT2D eigenvalue weighted by Crippen LogP contribution is -2.45. The molecule has 1 aliphatic carbocycles. The highest BCUT2D eigenvalue weighted by molar-refractivity contribution is 6.30. The molecule has 178 valence electrons. The van der Waals surface area contributed by atoms with Gasteiger partial charge in [0, 0.05) is 11.6 Å². The van der Waals surface area contributed by atoms with Crippen molar-refractivity contribution >= 4 is 17.6 Å². The number of halogens is 4. The summed E-state index contributed by atoms with van der Waals surface area (Å²) in [6, 6.07) is 12.1. The fourth-order valence-corrected chi connectivity index (χ4v) is 4.69. The Kier molecular flexibility index (Phi) is 5.75. The number of carbonyl (C=O) groups excluding carboxylic acids is 1. The minimum absolute atomic E-state index is 0.224. The summed E-state index contributed by atoms with van der Waals surface area (Å²) in [6.45, 7) is 1.08. The highest BCUT2D eigenvalue weighted by Gasteiger charge is 2.48. The number of likely N-dealkylation sites (tertiary alicyclic amines) is 1. The average Bonchev–Trinajstić information content (AvgIpc) is 3.20. The van der Waals surface area contributed by atoms with E-state index in [0.717, 1.165) is 30.5 Å². The van der Waals surface area contributed by atoms with E-state index in [0.29, 0.717) is 42.3 Å². The monoisotopic (exact) mass is 489 g/mol. The van der Waals surface area contributed by atoms with Gasteiger partial charge in [0.05, 0.1) is 23.7 Å². The largest absolute Gasteiger partial charge is 0.416 e. The number of benzene rings is 2. The standard InChI is InChI=1S/C24H23ClF3N5O/c25-19-9-3-16(4-10-19)14-33-21(29-15-30-33)20-2-1-13-32(20)22(34)31-23(11-12-23)17-5-7-18(8-6-17)24(26,27)28/h3-10,15,20H,1-2,11-14H2,(H,31,34)/t20-/m1/s1. The number of nitrogens with one attached hydrogen (secondary N) is 1. The van der Waals surface area contributed by atoms with Crippen LogP contribution >= 0.6 is 11.6 Å². The van der Waals surface area contributed by atoms with Gasteiger partial charge >= 0.3 is 12.2 Å². The molecule has 1 saturated heterocycles. The summed E-state index contributed by atoms with van der Waals surface area (Å²) >= 11 is 5.98. The zero-order valence-corrected chi connectivity index (χ0v) is 19.0. The summed E-state index contributed by atoms with van der Waals surface area (Å²) in [4.78, 5) is 19.5. The van der Waals surface area contributed by atoms with Crippen molar-refractivity contribution in [3.63, 3.8) is 0 Å². The smallest absolute Gasteiger partial charge is 0.328 e. The molecule has 5 rings (SSSR count). The Morgan fingerprint density at radius 1 is 1.12 bits per heavy atom. The number of alkyl halides is 3. The number of urea groups is 1. The van der Waals surface area contributed by atoms with Crippen molar-refractivity contribution in [1.29, 1.82) is 0 Å². The van der Waals surface area contributed by atoms with Gasteiger partial charge in [0.1, 0.15) is 12.2 Å². The van der Waals surface area contributed by atoms with Gasteiger partial charge in [-0.05, 0) is 61.1 Å². The van der Waals surface area contributed by atoms with Gasteiger partial charge in [-0.2, -0.15) is 18.3 Å². The molecule has 6 nitrogen and oxygen atoms in total. The van der Waals surface area contributed by atoms with Crippen LogP contribution in [0.15, 0.2) is 54.9 Å². The maximum atomic E-state index is 13.3. The molecule has 0 bridgehead atoms. The summed E-state index contributed by atoms with van der Waals surface area (Å²) < 4.78 is 40.5. The zero-order valence-electron chi connectivity index (χ0n) is 18.2. The fourth-order valence-electron chi connectivity index (χ4n) is 4.56. The van der Waals surface area contributed by atoms with E-state index in [4.69, 9.17) is 11.6 Å². The minimum Gasteiger partial charge on any atom is -0.328 e. The second kappa shape index (κ2) is 8.61. The Bertz CT molecular complexity index is 1170. The molecule has 2 aromatic carbocycles. The van der Waals surface area contributed by atoms with Gasteiger partial charge in [-0.3, -0.25) is 0 Å². The van der Waals surface area contributed by atoms with Crippen molar-refractivity contribution in [3.8, 4) is 0 Å². The second-order valence-electron chi connectivity index (χ2n) is 8.84. The number of rotatable bonds is 5. The van der Waals surface area contributed by atoms with Gasteiger partial charge in [-0.1, -0.05) is 35.9 Å². The molecule has 2 fully saturated rings. The Hall–Kier alpha value is -3.07. The van der Waals surface area contributed by atoms with Gasteiger partial charge in [0.2, 0.25) is 0 Å². The number of hydrogen-bond acceptors (Lipinski definition) is 3. The first-order valence-electron chi connectivity index (χ1n) is 11.1. The summed E-state index contributed by atoms with van der Waals surface area (Å²) in [6.07, 6.45) is 0.0807. The van der Waals surface area contributed by atoms with Crippen LogP contribution in [-0.2, 0) is 18.3 Å². The number of carbonyl (C=O) groups is 1. The molecular weight excluding hydrogens is 467 g/mol. The first kappa shape index (κ1) is 22.7. The third kappa shape index (κ3) is 4.49. The van der Waals surface area contributed by atoms with E-state index < -0.39 is 17.3 Å². The van der Waals surface area contributed by atoms with Crippen LogP contribution < -0.4 is 5.32 Å². The molecule has 1 N–H and O–H groups in total. The van der Waals surface area contributed by atoms with Crippen LogP contribution in [0.25, 0.3) is 0 Å². The molecule has 0 spiro atoms. The molecule has 34 heavy (non-hydrogen) atoms. The third-order valence-electron chi connectivity index (χ3n) is 6.56. The summed E-state index contributed by atoms with van der Waals surface area (Å²) in [5.41, 5.74) is 0.392. The first-order chi connectivity index (χ1) is 16.2. The molecule has 2 aliphatic rings. The van der Waals surface area contributed by atoms with Crippen molar-refractivity contribution in [3.05, 3.63) is 82.4 Å². The van der Waals surface area contributed by atoms with Crippen LogP contribution in [0, 0.1) is 0 Å². The van der Waals surface area contributed by atoms with E-state index in [2.05, 4.69) is 15.4 Å². The number of aromatic nitrogens is 3. The maximum absolute atomic E-state index is 13.3. The topological polar surface area (TPSA) is 63.1 Å². The van der Waals surface area contributed by atoms with Crippen LogP contribution in [0.2, 0.25) is 5.02 Å². The van der Waals surface area contributed by atoms with E-state index in [9.17, 15) is 18.0 Å². The molecule has 0 radical (unpaired) electrons. The van der Waals surface area contributed by atoms with Crippen LogP contribution in [0.1, 0.15) is 54.2 Å². The summed E-state index contributed by atoms with van der Waals surface area (Å²) in [5.74, 6) is 0.710. The maximum Gasteiger partial charge on any atom is 0.416 e. The minimum atomic E-state index is -4.39. The first-order valence-corrected chi connectivity index (χ1v) is 11.5. The fraction of sp³-hybridized carbons (Fsp3) is 0.375. The Morgan fingerprint density at radius 3 is 2.47 bits per heavy atom. The van der Waals surface area contributed by atoms with Crippen LogP contribution in [0.4, 0.5) is 18.0 Å². The molecule has 2 amide bonds. The lowest BCUT2D eigenvalue weighted by molar-refractivity contribution is -0.137. The van der Waals surface area contributed by atoms with Crippen molar-refractivity contribution in [2.45, 2.75) is 50.0 Å². The van der Waals surface area contributed by atoms with E-state index in [-0.39, 0.29) is 12.1 Å². The number of hydrogen-bond donors (Lipinski definition) is 1. The molecule has 0 unspecified atom stereocenters. The molecule has 1 saturated carbocycles. The SMILES string of the molecule is O=C(NC1(c2ccc(C(F)(F)F)cc2)CC1)N1CCC[C@@H]1c1ncnn1Cc1ccc(Cl)cc1. The van der Waals surface area contributed by atoms with Gasteiger partial charge in [-0.25, -0.2) is 14.5 Å². The highest BCUT2D eigenvalue weighted by atomic mass is 35.5. The molecule has 3 aromatic rings. The quantitative estimate of drug-likeness (QED) is 0.512. The lowest BCUT2D eigenvalue weighted by atomic mass is 10.0. The van der Waals surface area contributed by atoms with E-state index in [1.165, 1.54) is 18.5 Å². The molecular formula is C24H23ClF3N5O. The van der Waals surface area contributed by atoms with Gasteiger partial charge in [0.25, 0.3) is 0 Å². The Morgan fingerprint density at radius 2 is 1.82 bits per heavy atom. The second-order valence-corrected chi connectivity index (χ2v) is 9.28. The van der Waals surface area contributed by atoms with Crippen molar-refractivity contribution < 1.29 is 18.0 Å². The number of amides is 2. The van der Waals surface area contributed by atoms with Crippen LogP contribution in [0.3, 0.4) is 0 Å². The lowest BCUT2D eigenvalue weighted by Gasteiger charge is -2.28. The Balaban J connectivity index is 1.31. The molecule has 2 heterocycles. The predicted octanol–water partition coefficient (Wildman–Crippen LogP) is 5.53. The van der Waals surface area contributed by atoms with Gasteiger partial charge in [0.15, 0.2) is 0 Å². The van der Waals surface area contributed by atoms with Gasteiger partial charge < -0.3 is 10.2 Å². The normalized spacial score (nSPS) is 19.3. The van der Waals surface area contributed by atoms with Crippen molar-refractivity contribution in [2.24, 2.45) is 0 Å². The van der Waals surface area contributed by atoms with Crippen molar-refractivity contribution in [2.75, 3.05) is 6.54 Å².